The monoisotopic (exact) mass is 295 g/mol. The minimum atomic E-state index is -0.226. The molecule has 1 aliphatic heterocycles. The van der Waals surface area contributed by atoms with Crippen molar-refractivity contribution in [3.05, 3.63) is 29.6 Å². The zero-order valence-corrected chi connectivity index (χ0v) is 13.2. The van der Waals surface area contributed by atoms with Gasteiger partial charge in [0, 0.05) is 12.6 Å². The van der Waals surface area contributed by atoms with Crippen molar-refractivity contribution in [2.75, 3.05) is 19.7 Å². The minimum Gasteiger partial charge on any atom is -0.491 e. The number of rotatable bonds is 7. The molecule has 0 aliphatic carbocycles. The number of hydrogen-bond acceptors (Lipinski definition) is 3. The average Bonchev–Trinajstić information content (AvgIpc) is 2.88. The fraction of sp³-hybridized carbons (Fsp3) is 0.647. The first kappa shape index (κ1) is 16.2. The normalized spacial score (nSPS) is 22.0. The summed E-state index contributed by atoms with van der Waals surface area (Å²) < 4.78 is 25.0. The molecule has 21 heavy (non-hydrogen) atoms. The summed E-state index contributed by atoms with van der Waals surface area (Å²) in [5.74, 6) is 1.00. The fourth-order valence-electron chi connectivity index (χ4n) is 2.44. The molecular weight excluding hydrogens is 269 g/mol. The molecule has 0 amide bonds. The van der Waals surface area contributed by atoms with Crippen LogP contribution in [0.15, 0.2) is 18.2 Å². The maximum absolute atomic E-state index is 13.4. The van der Waals surface area contributed by atoms with E-state index in [1.165, 1.54) is 6.07 Å². The number of benzene rings is 1. The van der Waals surface area contributed by atoms with Crippen molar-refractivity contribution in [2.45, 2.75) is 45.8 Å². The van der Waals surface area contributed by atoms with Crippen LogP contribution in [-0.2, 0) is 4.74 Å². The number of halogens is 1. The van der Waals surface area contributed by atoms with E-state index in [1.54, 1.807) is 19.1 Å². The molecule has 0 bridgehead atoms. The second kappa shape index (κ2) is 7.76. The second-order valence-electron chi connectivity index (χ2n) is 6.23. The molecule has 1 aliphatic rings. The predicted molar refractivity (Wildman–Crippen MR) is 82.2 cm³/mol. The molecule has 0 spiro atoms. The fourth-order valence-corrected chi connectivity index (χ4v) is 2.44. The number of hydrogen-bond donors (Lipinski definition) is 1. The lowest BCUT2D eigenvalue weighted by molar-refractivity contribution is 0.0183. The third-order valence-corrected chi connectivity index (χ3v) is 3.70. The molecule has 1 fully saturated rings. The van der Waals surface area contributed by atoms with E-state index in [2.05, 4.69) is 19.2 Å². The van der Waals surface area contributed by atoms with Crippen molar-refractivity contribution in [3.8, 4) is 5.75 Å². The van der Waals surface area contributed by atoms with Gasteiger partial charge in [-0.25, -0.2) is 4.39 Å². The third-order valence-electron chi connectivity index (χ3n) is 3.70. The van der Waals surface area contributed by atoms with Gasteiger partial charge in [-0.15, -0.1) is 0 Å². The van der Waals surface area contributed by atoms with Crippen LogP contribution in [0.2, 0.25) is 0 Å². The van der Waals surface area contributed by atoms with E-state index < -0.39 is 0 Å². The lowest BCUT2D eigenvalue weighted by Crippen LogP contribution is -2.30. The highest BCUT2D eigenvalue weighted by Crippen LogP contribution is 2.21. The first-order valence-electron chi connectivity index (χ1n) is 7.79. The summed E-state index contributed by atoms with van der Waals surface area (Å²) in [6.07, 6.45) is 2.44. The van der Waals surface area contributed by atoms with Crippen LogP contribution in [0.25, 0.3) is 0 Å². The van der Waals surface area contributed by atoms with Crippen molar-refractivity contribution in [1.29, 1.82) is 0 Å². The number of ether oxygens (including phenoxy) is 2. The van der Waals surface area contributed by atoms with Crippen molar-refractivity contribution < 1.29 is 13.9 Å². The highest BCUT2D eigenvalue weighted by molar-refractivity contribution is 5.27. The lowest BCUT2D eigenvalue weighted by Gasteiger charge is -2.16. The van der Waals surface area contributed by atoms with E-state index in [0.717, 1.165) is 25.9 Å². The van der Waals surface area contributed by atoms with E-state index in [4.69, 9.17) is 9.47 Å². The molecule has 2 rings (SSSR count). The van der Waals surface area contributed by atoms with E-state index in [1.807, 2.05) is 0 Å². The van der Waals surface area contributed by atoms with Crippen molar-refractivity contribution in [2.24, 2.45) is 5.92 Å². The van der Waals surface area contributed by atoms with Crippen molar-refractivity contribution in [3.63, 3.8) is 0 Å². The minimum absolute atomic E-state index is 0.111. The Morgan fingerprint density at radius 3 is 2.81 bits per heavy atom. The molecule has 0 radical (unpaired) electrons. The van der Waals surface area contributed by atoms with Crippen LogP contribution in [0.3, 0.4) is 0 Å². The highest BCUT2D eigenvalue weighted by Gasteiger charge is 2.25. The Labute approximate surface area is 126 Å². The quantitative estimate of drug-likeness (QED) is 0.837. The van der Waals surface area contributed by atoms with Crippen LogP contribution in [0.4, 0.5) is 4.39 Å². The SMILES string of the molecule is Cc1ccc(OCC2CCC(CNCC(C)C)O2)cc1F. The smallest absolute Gasteiger partial charge is 0.129 e. The van der Waals surface area contributed by atoms with Crippen LogP contribution in [0, 0.1) is 18.7 Å². The van der Waals surface area contributed by atoms with Gasteiger partial charge >= 0.3 is 0 Å². The van der Waals surface area contributed by atoms with Crippen LogP contribution in [0.5, 0.6) is 5.75 Å². The summed E-state index contributed by atoms with van der Waals surface area (Å²) in [5, 5.41) is 3.42. The summed E-state index contributed by atoms with van der Waals surface area (Å²) in [6.45, 7) is 8.54. The van der Waals surface area contributed by atoms with Gasteiger partial charge in [-0.2, -0.15) is 0 Å². The molecule has 1 aromatic rings. The van der Waals surface area contributed by atoms with Gasteiger partial charge in [0.1, 0.15) is 18.2 Å². The molecule has 0 aromatic heterocycles. The van der Waals surface area contributed by atoms with Crippen molar-refractivity contribution >= 4 is 0 Å². The number of aryl methyl sites for hydroxylation is 1. The van der Waals surface area contributed by atoms with Gasteiger partial charge in [0.2, 0.25) is 0 Å². The molecule has 1 heterocycles. The van der Waals surface area contributed by atoms with Gasteiger partial charge in [0.25, 0.3) is 0 Å². The maximum Gasteiger partial charge on any atom is 0.129 e. The Kier molecular flexibility index (Phi) is 6.00. The van der Waals surface area contributed by atoms with Crippen molar-refractivity contribution in [1.82, 2.24) is 5.32 Å². The van der Waals surface area contributed by atoms with Crippen LogP contribution >= 0.6 is 0 Å². The third kappa shape index (κ3) is 5.29. The second-order valence-corrected chi connectivity index (χ2v) is 6.23. The Bertz CT molecular complexity index is 450. The van der Waals surface area contributed by atoms with E-state index >= 15 is 0 Å². The topological polar surface area (TPSA) is 30.5 Å². The molecule has 118 valence electrons. The first-order valence-corrected chi connectivity index (χ1v) is 7.79. The molecule has 2 unspecified atom stereocenters. The van der Waals surface area contributed by atoms with Crippen LogP contribution < -0.4 is 10.1 Å². The molecular formula is C17H26FNO2. The Hall–Kier alpha value is -1.13. The first-order chi connectivity index (χ1) is 10.0. The Morgan fingerprint density at radius 2 is 2.10 bits per heavy atom. The summed E-state index contributed by atoms with van der Waals surface area (Å²) in [4.78, 5) is 0. The molecule has 3 nitrogen and oxygen atoms in total. The summed E-state index contributed by atoms with van der Waals surface area (Å²) >= 11 is 0. The molecule has 1 saturated heterocycles. The van der Waals surface area contributed by atoms with Crippen LogP contribution in [0.1, 0.15) is 32.3 Å². The average molecular weight is 295 g/mol. The summed E-state index contributed by atoms with van der Waals surface area (Å²) in [7, 11) is 0. The molecule has 0 saturated carbocycles. The molecule has 1 aromatic carbocycles. The molecule has 2 atom stereocenters. The highest BCUT2D eigenvalue weighted by atomic mass is 19.1. The largest absolute Gasteiger partial charge is 0.491 e. The lowest BCUT2D eigenvalue weighted by atomic mass is 10.2. The van der Waals surface area contributed by atoms with Gasteiger partial charge in [0.15, 0.2) is 0 Å². The van der Waals surface area contributed by atoms with Gasteiger partial charge in [0.05, 0.1) is 12.2 Å². The van der Waals surface area contributed by atoms with Gasteiger partial charge < -0.3 is 14.8 Å². The van der Waals surface area contributed by atoms with E-state index in [0.29, 0.717) is 23.8 Å². The van der Waals surface area contributed by atoms with Gasteiger partial charge in [-0.05, 0) is 43.9 Å². The summed E-state index contributed by atoms with van der Waals surface area (Å²) in [6, 6.07) is 4.97. The van der Waals surface area contributed by atoms with E-state index in [9.17, 15) is 4.39 Å². The van der Waals surface area contributed by atoms with Gasteiger partial charge in [-0.1, -0.05) is 19.9 Å². The number of nitrogens with one attached hydrogen (secondary N) is 1. The maximum atomic E-state index is 13.4. The van der Waals surface area contributed by atoms with E-state index in [-0.39, 0.29) is 18.0 Å². The molecule has 1 N–H and O–H groups in total. The zero-order chi connectivity index (χ0) is 15.2. The standard InChI is InChI=1S/C17H26FNO2/c1-12(2)9-19-10-15-6-7-16(21-15)11-20-14-5-4-13(3)17(18)8-14/h4-5,8,12,15-16,19H,6-7,9-11H2,1-3H3. The Balaban J connectivity index is 1.69. The molecule has 4 heteroatoms. The summed E-state index contributed by atoms with van der Waals surface area (Å²) in [5.41, 5.74) is 0.635. The van der Waals surface area contributed by atoms with Crippen LogP contribution in [-0.4, -0.2) is 31.9 Å². The predicted octanol–water partition coefficient (Wildman–Crippen LogP) is 3.31. The zero-order valence-electron chi connectivity index (χ0n) is 13.2. The van der Waals surface area contributed by atoms with Gasteiger partial charge in [-0.3, -0.25) is 0 Å². The Morgan fingerprint density at radius 1 is 1.33 bits per heavy atom.